The van der Waals surface area contributed by atoms with E-state index in [1.165, 1.54) is 4.90 Å². The second-order valence-electron chi connectivity index (χ2n) is 5.55. The summed E-state index contributed by atoms with van der Waals surface area (Å²) >= 11 is 0. The summed E-state index contributed by atoms with van der Waals surface area (Å²) in [5, 5.41) is 7.32. The molecule has 1 aliphatic heterocycles. The predicted octanol–water partition coefficient (Wildman–Crippen LogP) is 4.17. The zero-order chi connectivity index (χ0) is 17.2. The van der Waals surface area contributed by atoms with Gasteiger partial charge in [-0.3, -0.25) is 0 Å². The second kappa shape index (κ2) is 9.29. The molecular weight excluding hydrogens is 310 g/mol. The standard InChI is InChI=1S/C15H19N7O2/c16-20-18-9-14-8-4-7-13(19-21-17)10-22(14)15(23)24-11-12-5-2-1-3-6-12/h1-3,5-6,13-14H,4,7-11H2/t13-,14-/m1/s1. The average Bonchev–Trinajstić information content (AvgIpc) is 2.81. The molecule has 9 heteroatoms. The van der Waals surface area contributed by atoms with Crippen molar-refractivity contribution < 1.29 is 9.53 Å². The molecule has 126 valence electrons. The third kappa shape index (κ3) is 5.08. The number of rotatable bonds is 5. The molecular formula is C15H19N7O2. The van der Waals surface area contributed by atoms with Crippen molar-refractivity contribution in [3.05, 3.63) is 56.8 Å². The maximum Gasteiger partial charge on any atom is 0.410 e. The third-order valence-electron chi connectivity index (χ3n) is 3.93. The van der Waals surface area contributed by atoms with E-state index in [0.29, 0.717) is 12.8 Å². The van der Waals surface area contributed by atoms with Gasteiger partial charge >= 0.3 is 6.09 Å². The van der Waals surface area contributed by atoms with Crippen molar-refractivity contribution in [1.29, 1.82) is 0 Å². The first kappa shape index (κ1) is 17.5. The number of hydrogen-bond donors (Lipinski definition) is 0. The molecule has 0 bridgehead atoms. The fourth-order valence-corrected chi connectivity index (χ4v) is 2.73. The Hall–Kier alpha value is -2.89. The number of carbonyl (C=O) groups is 1. The van der Waals surface area contributed by atoms with Crippen LogP contribution in [0.1, 0.15) is 24.8 Å². The maximum absolute atomic E-state index is 12.5. The van der Waals surface area contributed by atoms with Gasteiger partial charge in [0.1, 0.15) is 6.61 Å². The Bertz CT molecular complexity index is 638. The molecule has 1 saturated heterocycles. The number of carbonyl (C=O) groups excluding carboxylic acids is 1. The van der Waals surface area contributed by atoms with E-state index in [-0.39, 0.29) is 31.8 Å². The topological polar surface area (TPSA) is 127 Å². The first-order valence-corrected chi connectivity index (χ1v) is 7.77. The fraction of sp³-hybridized carbons (Fsp3) is 0.533. The summed E-state index contributed by atoms with van der Waals surface area (Å²) in [6.45, 7) is 0.611. The lowest BCUT2D eigenvalue weighted by Crippen LogP contribution is -2.44. The van der Waals surface area contributed by atoms with E-state index in [0.717, 1.165) is 12.0 Å². The molecule has 0 radical (unpaired) electrons. The summed E-state index contributed by atoms with van der Waals surface area (Å²) in [6.07, 6.45) is 1.67. The van der Waals surface area contributed by atoms with E-state index in [1.807, 2.05) is 30.3 Å². The molecule has 1 aliphatic rings. The van der Waals surface area contributed by atoms with Crippen molar-refractivity contribution in [2.75, 3.05) is 13.1 Å². The molecule has 0 N–H and O–H groups in total. The lowest BCUT2D eigenvalue weighted by atomic mass is 10.1. The lowest BCUT2D eigenvalue weighted by Gasteiger charge is -2.29. The number of benzene rings is 1. The molecule has 1 aromatic carbocycles. The van der Waals surface area contributed by atoms with Crippen LogP contribution < -0.4 is 0 Å². The molecule has 0 aliphatic carbocycles. The number of likely N-dealkylation sites (tertiary alicyclic amines) is 1. The van der Waals surface area contributed by atoms with Crippen molar-refractivity contribution in [2.24, 2.45) is 10.2 Å². The van der Waals surface area contributed by atoms with Crippen LogP contribution in [0.5, 0.6) is 0 Å². The molecule has 2 atom stereocenters. The van der Waals surface area contributed by atoms with Crippen molar-refractivity contribution in [2.45, 2.75) is 38.0 Å². The quantitative estimate of drug-likeness (QED) is 0.456. The van der Waals surface area contributed by atoms with Crippen LogP contribution in [0.15, 0.2) is 40.6 Å². The zero-order valence-corrected chi connectivity index (χ0v) is 13.2. The Morgan fingerprint density at radius 1 is 1.25 bits per heavy atom. The van der Waals surface area contributed by atoms with Crippen LogP contribution in [-0.2, 0) is 11.3 Å². The predicted molar refractivity (Wildman–Crippen MR) is 87.9 cm³/mol. The normalized spacial score (nSPS) is 20.2. The Morgan fingerprint density at radius 3 is 2.75 bits per heavy atom. The van der Waals surface area contributed by atoms with Gasteiger partial charge in [0, 0.05) is 29.0 Å². The van der Waals surface area contributed by atoms with Crippen LogP contribution in [0.2, 0.25) is 0 Å². The molecule has 1 amide bonds. The van der Waals surface area contributed by atoms with Gasteiger partial charge < -0.3 is 9.64 Å². The van der Waals surface area contributed by atoms with Gasteiger partial charge in [0.2, 0.25) is 0 Å². The van der Waals surface area contributed by atoms with Gasteiger partial charge in [-0.1, -0.05) is 47.0 Å². The Labute approximate surface area is 139 Å². The minimum Gasteiger partial charge on any atom is -0.445 e. The van der Waals surface area contributed by atoms with Crippen LogP contribution >= 0.6 is 0 Å². The Morgan fingerprint density at radius 2 is 2.04 bits per heavy atom. The number of nitrogens with zero attached hydrogens (tertiary/aromatic N) is 7. The highest BCUT2D eigenvalue weighted by Crippen LogP contribution is 2.21. The fourth-order valence-electron chi connectivity index (χ4n) is 2.73. The Balaban J connectivity index is 2.07. The van der Waals surface area contributed by atoms with Crippen LogP contribution in [-0.4, -0.2) is 36.2 Å². The van der Waals surface area contributed by atoms with E-state index < -0.39 is 6.09 Å². The monoisotopic (exact) mass is 329 g/mol. The second-order valence-corrected chi connectivity index (χ2v) is 5.55. The van der Waals surface area contributed by atoms with Gasteiger partial charge in [0.05, 0.1) is 6.04 Å². The van der Waals surface area contributed by atoms with Gasteiger partial charge in [-0.15, -0.1) is 0 Å². The molecule has 9 nitrogen and oxygen atoms in total. The molecule has 2 rings (SSSR count). The average molecular weight is 329 g/mol. The molecule has 0 saturated carbocycles. The van der Waals surface area contributed by atoms with Gasteiger partial charge in [-0.25, -0.2) is 4.79 Å². The van der Waals surface area contributed by atoms with Crippen molar-refractivity contribution >= 4 is 6.09 Å². The molecule has 1 aromatic rings. The van der Waals surface area contributed by atoms with E-state index in [4.69, 9.17) is 15.8 Å². The SMILES string of the molecule is [N-]=[N+]=NC[C@H]1CCC[C@@H](N=[N+]=[N-])CN1C(=O)OCc1ccccc1. The summed E-state index contributed by atoms with van der Waals surface area (Å²) < 4.78 is 5.38. The van der Waals surface area contributed by atoms with Crippen LogP contribution in [0.3, 0.4) is 0 Å². The number of ether oxygens (including phenoxy) is 1. The summed E-state index contributed by atoms with van der Waals surface area (Å²) in [5.41, 5.74) is 18.1. The molecule has 1 fully saturated rings. The van der Waals surface area contributed by atoms with E-state index in [1.54, 1.807) is 0 Å². The molecule has 0 aromatic heterocycles. The van der Waals surface area contributed by atoms with E-state index in [9.17, 15) is 4.79 Å². The molecule has 0 spiro atoms. The van der Waals surface area contributed by atoms with E-state index >= 15 is 0 Å². The van der Waals surface area contributed by atoms with Crippen molar-refractivity contribution in [3.8, 4) is 0 Å². The van der Waals surface area contributed by atoms with Crippen LogP contribution in [0, 0.1) is 0 Å². The smallest absolute Gasteiger partial charge is 0.410 e. The van der Waals surface area contributed by atoms with Gasteiger partial charge in [-0.05, 0) is 29.5 Å². The summed E-state index contributed by atoms with van der Waals surface area (Å²) in [4.78, 5) is 19.6. The summed E-state index contributed by atoms with van der Waals surface area (Å²) in [7, 11) is 0. The highest BCUT2D eigenvalue weighted by Gasteiger charge is 2.29. The van der Waals surface area contributed by atoms with Gasteiger partial charge in [0.15, 0.2) is 0 Å². The summed E-state index contributed by atoms with van der Waals surface area (Å²) in [6, 6.07) is 8.83. The van der Waals surface area contributed by atoms with Crippen LogP contribution in [0.4, 0.5) is 4.79 Å². The molecule has 1 heterocycles. The largest absolute Gasteiger partial charge is 0.445 e. The molecule has 24 heavy (non-hydrogen) atoms. The molecule has 0 unspecified atom stereocenters. The summed E-state index contributed by atoms with van der Waals surface area (Å²) in [5.74, 6) is 0. The highest BCUT2D eigenvalue weighted by molar-refractivity contribution is 5.68. The lowest BCUT2D eigenvalue weighted by molar-refractivity contribution is 0.0810. The van der Waals surface area contributed by atoms with Crippen molar-refractivity contribution in [1.82, 2.24) is 4.90 Å². The van der Waals surface area contributed by atoms with Gasteiger partial charge in [0.25, 0.3) is 0 Å². The first-order valence-electron chi connectivity index (χ1n) is 7.77. The van der Waals surface area contributed by atoms with Gasteiger partial charge in [-0.2, -0.15) is 0 Å². The Kier molecular flexibility index (Phi) is 6.76. The first-order chi connectivity index (χ1) is 11.7. The highest BCUT2D eigenvalue weighted by atomic mass is 16.6. The minimum absolute atomic E-state index is 0.163. The third-order valence-corrected chi connectivity index (χ3v) is 3.93. The maximum atomic E-state index is 12.5. The van der Waals surface area contributed by atoms with E-state index in [2.05, 4.69) is 20.1 Å². The zero-order valence-electron chi connectivity index (χ0n) is 13.2. The number of amides is 1. The van der Waals surface area contributed by atoms with Crippen LogP contribution in [0.25, 0.3) is 20.9 Å². The number of hydrogen-bond acceptors (Lipinski definition) is 4. The number of azide groups is 2. The van der Waals surface area contributed by atoms with Crippen molar-refractivity contribution in [3.63, 3.8) is 0 Å². The minimum atomic E-state index is -0.489.